The molecule has 1 spiro atoms. The average Bonchev–Trinajstić information content (AvgIpc) is 2.83. The summed E-state index contributed by atoms with van der Waals surface area (Å²) in [6, 6.07) is 0.152. The van der Waals surface area contributed by atoms with Gasteiger partial charge in [0.2, 0.25) is 5.91 Å². The first-order chi connectivity index (χ1) is 13.6. The number of imide groups is 1. The van der Waals surface area contributed by atoms with Gasteiger partial charge in [0.1, 0.15) is 12.1 Å². The van der Waals surface area contributed by atoms with Crippen LogP contribution in [-0.2, 0) is 9.59 Å². The highest BCUT2D eigenvalue weighted by molar-refractivity contribution is 6.09. The van der Waals surface area contributed by atoms with Crippen molar-refractivity contribution in [3.63, 3.8) is 0 Å². The van der Waals surface area contributed by atoms with Gasteiger partial charge < -0.3 is 15.1 Å². The van der Waals surface area contributed by atoms with Crippen LogP contribution in [-0.4, -0.2) is 77.4 Å². The number of piperidine rings is 2. The molecule has 7 heteroatoms. The van der Waals surface area contributed by atoms with Crippen molar-refractivity contribution in [1.29, 1.82) is 0 Å². The smallest absolute Gasteiger partial charge is 0.325 e. The van der Waals surface area contributed by atoms with Crippen LogP contribution in [0.3, 0.4) is 0 Å². The standard InChI is InChI=1S/C22H36N4O3/c1-15-10-21(2,3)14-22(11-15)19(28)26(20(29)23-22)13-18(27)25-9-7-17-16(12-25)6-5-8-24(17)4/h15-17H,5-14H2,1-4H3,(H,23,29)/t15-,16-,17-,22+/m1/s1. The second-order valence-electron chi connectivity index (χ2n) is 10.8. The van der Waals surface area contributed by atoms with E-state index in [2.05, 4.69) is 38.0 Å². The molecule has 1 saturated carbocycles. The fourth-order valence-corrected chi connectivity index (χ4v) is 6.76. The van der Waals surface area contributed by atoms with E-state index in [1.54, 1.807) is 0 Å². The molecular weight excluding hydrogens is 368 g/mol. The molecule has 7 nitrogen and oxygen atoms in total. The number of likely N-dealkylation sites (tertiary alicyclic amines) is 2. The number of amides is 4. The van der Waals surface area contributed by atoms with Crippen molar-refractivity contribution >= 4 is 17.8 Å². The Bertz CT molecular complexity index is 708. The van der Waals surface area contributed by atoms with Crippen LogP contribution in [0.1, 0.15) is 59.3 Å². The summed E-state index contributed by atoms with van der Waals surface area (Å²) in [4.78, 5) is 44.4. The summed E-state index contributed by atoms with van der Waals surface area (Å²) < 4.78 is 0. The van der Waals surface area contributed by atoms with Gasteiger partial charge >= 0.3 is 6.03 Å². The molecule has 0 aromatic carbocycles. The summed E-state index contributed by atoms with van der Waals surface area (Å²) in [6.07, 6.45) is 5.64. The Kier molecular flexibility index (Phi) is 5.16. The fraction of sp³-hybridized carbons (Fsp3) is 0.864. The fourth-order valence-electron chi connectivity index (χ4n) is 6.76. The Hall–Kier alpha value is -1.63. The van der Waals surface area contributed by atoms with E-state index in [4.69, 9.17) is 0 Å². The minimum atomic E-state index is -0.836. The predicted molar refractivity (Wildman–Crippen MR) is 110 cm³/mol. The van der Waals surface area contributed by atoms with Gasteiger partial charge in [-0.2, -0.15) is 0 Å². The lowest BCUT2D eigenvalue weighted by Crippen LogP contribution is -2.56. The predicted octanol–water partition coefficient (Wildman–Crippen LogP) is 2.07. The van der Waals surface area contributed by atoms with Crippen molar-refractivity contribution in [3.05, 3.63) is 0 Å². The van der Waals surface area contributed by atoms with Gasteiger partial charge in [-0.3, -0.25) is 14.5 Å². The molecule has 0 bridgehead atoms. The van der Waals surface area contributed by atoms with Gasteiger partial charge in [0, 0.05) is 19.1 Å². The largest absolute Gasteiger partial charge is 0.341 e. The molecule has 0 unspecified atom stereocenters. The summed E-state index contributed by atoms with van der Waals surface area (Å²) in [6.45, 7) is 8.91. The number of nitrogens with zero attached hydrogens (tertiary/aromatic N) is 3. The second kappa shape index (κ2) is 7.25. The first-order valence-electron chi connectivity index (χ1n) is 11.2. The highest BCUT2D eigenvalue weighted by Crippen LogP contribution is 2.46. The molecular formula is C22H36N4O3. The van der Waals surface area contributed by atoms with Crippen LogP contribution < -0.4 is 5.32 Å². The van der Waals surface area contributed by atoms with Crippen LogP contribution in [0.4, 0.5) is 4.79 Å². The highest BCUT2D eigenvalue weighted by Gasteiger charge is 2.56. The number of hydrogen-bond acceptors (Lipinski definition) is 4. The zero-order valence-corrected chi connectivity index (χ0v) is 18.4. The maximum absolute atomic E-state index is 13.3. The molecule has 3 aliphatic heterocycles. The Morgan fingerprint density at radius 2 is 1.93 bits per heavy atom. The first-order valence-corrected chi connectivity index (χ1v) is 11.2. The Morgan fingerprint density at radius 1 is 1.17 bits per heavy atom. The number of nitrogens with one attached hydrogen (secondary N) is 1. The molecule has 4 atom stereocenters. The highest BCUT2D eigenvalue weighted by atomic mass is 16.2. The van der Waals surface area contributed by atoms with Crippen LogP contribution in [0.25, 0.3) is 0 Å². The minimum Gasteiger partial charge on any atom is -0.341 e. The van der Waals surface area contributed by atoms with Crippen molar-refractivity contribution in [3.8, 4) is 0 Å². The van der Waals surface area contributed by atoms with Gasteiger partial charge in [0.25, 0.3) is 5.91 Å². The van der Waals surface area contributed by atoms with E-state index in [0.29, 0.717) is 37.3 Å². The summed E-state index contributed by atoms with van der Waals surface area (Å²) in [5.74, 6) is 0.560. The number of urea groups is 1. The van der Waals surface area contributed by atoms with Crippen molar-refractivity contribution in [1.82, 2.24) is 20.0 Å². The summed E-state index contributed by atoms with van der Waals surface area (Å²) in [5.41, 5.74) is -0.840. The van der Waals surface area contributed by atoms with E-state index >= 15 is 0 Å². The number of hydrogen-bond donors (Lipinski definition) is 1. The maximum atomic E-state index is 13.3. The van der Waals surface area contributed by atoms with E-state index in [1.165, 1.54) is 11.3 Å². The maximum Gasteiger partial charge on any atom is 0.325 e. The lowest BCUT2D eigenvalue weighted by Gasteiger charge is -2.46. The molecule has 0 aromatic heterocycles. The van der Waals surface area contributed by atoms with Crippen molar-refractivity contribution in [2.45, 2.75) is 70.9 Å². The van der Waals surface area contributed by atoms with E-state index < -0.39 is 11.6 Å². The molecule has 1 N–H and O–H groups in total. The van der Waals surface area contributed by atoms with Gasteiger partial charge in [-0.05, 0) is 69.4 Å². The van der Waals surface area contributed by atoms with Crippen LogP contribution in [0, 0.1) is 17.3 Å². The SMILES string of the molecule is C[C@@H]1CC(C)(C)C[C@]2(C1)NC(=O)N(CC(=O)N1CC[C@@H]3[C@H](CCCN3C)C1)C2=O. The monoisotopic (exact) mass is 404 g/mol. The lowest BCUT2D eigenvalue weighted by molar-refractivity contribution is -0.142. The van der Waals surface area contributed by atoms with Crippen molar-refractivity contribution < 1.29 is 14.4 Å². The summed E-state index contributed by atoms with van der Waals surface area (Å²) >= 11 is 0. The molecule has 0 aromatic rings. The lowest BCUT2D eigenvalue weighted by atomic mass is 9.64. The number of carbonyl (C=O) groups excluding carboxylic acids is 3. The Labute approximate surface area is 174 Å². The number of rotatable bonds is 2. The van der Waals surface area contributed by atoms with Gasteiger partial charge in [-0.15, -0.1) is 0 Å². The molecule has 4 rings (SSSR count). The molecule has 162 valence electrons. The zero-order valence-electron chi connectivity index (χ0n) is 18.4. The minimum absolute atomic E-state index is 0.00445. The van der Waals surface area contributed by atoms with Gasteiger partial charge in [0.15, 0.2) is 0 Å². The van der Waals surface area contributed by atoms with Crippen molar-refractivity contribution in [2.75, 3.05) is 33.2 Å². The van der Waals surface area contributed by atoms with Crippen LogP contribution in [0.15, 0.2) is 0 Å². The van der Waals surface area contributed by atoms with Crippen LogP contribution in [0.5, 0.6) is 0 Å². The van der Waals surface area contributed by atoms with Gasteiger partial charge in [-0.1, -0.05) is 20.8 Å². The van der Waals surface area contributed by atoms with Gasteiger partial charge in [0.05, 0.1) is 0 Å². The molecule has 1 aliphatic carbocycles. The Morgan fingerprint density at radius 3 is 2.66 bits per heavy atom. The van der Waals surface area contributed by atoms with E-state index in [9.17, 15) is 14.4 Å². The van der Waals surface area contributed by atoms with Gasteiger partial charge in [-0.25, -0.2) is 4.79 Å². The van der Waals surface area contributed by atoms with Crippen LogP contribution in [0.2, 0.25) is 0 Å². The zero-order chi connectivity index (χ0) is 21.0. The molecule has 0 radical (unpaired) electrons. The molecule has 3 heterocycles. The molecule has 3 saturated heterocycles. The molecule has 4 amide bonds. The Balaban J connectivity index is 1.42. The third-order valence-corrected chi connectivity index (χ3v) is 7.62. The number of fused-ring (bicyclic) bond motifs is 1. The second-order valence-corrected chi connectivity index (χ2v) is 10.8. The third kappa shape index (κ3) is 3.78. The third-order valence-electron chi connectivity index (χ3n) is 7.62. The van der Waals surface area contributed by atoms with E-state index in [-0.39, 0.29) is 23.8 Å². The molecule has 4 fully saturated rings. The normalized spacial score (nSPS) is 37.6. The summed E-state index contributed by atoms with van der Waals surface area (Å²) in [5, 5.41) is 2.97. The van der Waals surface area contributed by atoms with Crippen LogP contribution >= 0.6 is 0 Å². The average molecular weight is 405 g/mol. The quantitative estimate of drug-likeness (QED) is 0.715. The summed E-state index contributed by atoms with van der Waals surface area (Å²) in [7, 11) is 2.17. The topological polar surface area (TPSA) is 73.0 Å². The van der Waals surface area contributed by atoms with E-state index in [0.717, 1.165) is 32.4 Å². The first kappa shape index (κ1) is 20.6. The number of carbonyl (C=O) groups is 3. The van der Waals surface area contributed by atoms with Crippen molar-refractivity contribution in [2.24, 2.45) is 17.3 Å². The van der Waals surface area contributed by atoms with E-state index in [1.807, 2.05) is 4.90 Å². The molecule has 4 aliphatic rings. The molecule has 29 heavy (non-hydrogen) atoms.